The number of aromatic nitrogens is 3. The van der Waals surface area contributed by atoms with Crippen molar-refractivity contribution in [2.75, 3.05) is 5.75 Å². The summed E-state index contributed by atoms with van der Waals surface area (Å²) in [6, 6.07) is 7.52. The molecule has 1 N–H and O–H groups in total. The second kappa shape index (κ2) is 8.19. The van der Waals surface area contributed by atoms with Crippen molar-refractivity contribution in [1.29, 1.82) is 0 Å². The highest BCUT2D eigenvalue weighted by atomic mass is 35.5. The Labute approximate surface area is 187 Å². The van der Waals surface area contributed by atoms with E-state index in [0.29, 0.717) is 22.7 Å². The van der Waals surface area contributed by atoms with Gasteiger partial charge in [-0.3, -0.25) is 4.79 Å². The van der Waals surface area contributed by atoms with Gasteiger partial charge in [-0.05, 0) is 79.4 Å². The number of hydrogen-bond acceptors (Lipinski definition) is 4. The van der Waals surface area contributed by atoms with Gasteiger partial charge in [-0.15, -0.1) is 10.2 Å². The first-order valence-electron chi connectivity index (χ1n) is 11.0. The Kier molecular flexibility index (Phi) is 5.56. The number of nitrogens with one attached hydrogen (secondary N) is 1. The summed E-state index contributed by atoms with van der Waals surface area (Å²) in [6.07, 6.45) is 9.56. The Balaban J connectivity index is 1.15. The van der Waals surface area contributed by atoms with Gasteiger partial charge in [-0.25, -0.2) is 0 Å². The summed E-state index contributed by atoms with van der Waals surface area (Å²) in [5, 5.41) is 13.4. The molecule has 1 amide bonds. The maximum absolute atomic E-state index is 12.3. The fourth-order valence-corrected chi connectivity index (χ4v) is 7.34. The summed E-state index contributed by atoms with van der Waals surface area (Å²) in [5.41, 5.74) is 1.49. The lowest BCUT2D eigenvalue weighted by atomic mass is 9.49. The van der Waals surface area contributed by atoms with Crippen LogP contribution < -0.4 is 5.32 Å². The number of hydrogen-bond donors (Lipinski definition) is 1. The third-order valence-electron chi connectivity index (χ3n) is 7.36. The van der Waals surface area contributed by atoms with Crippen molar-refractivity contribution < 1.29 is 4.79 Å². The van der Waals surface area contributed by atoms with E-state index in [0.717, 1.165) is 40.7 Å². The van der Waals surface area contributed by atoms with E-state index < -0.39 is 0 Å². The molecule has 160 valence electrons. The van der Waals surface area contributed by atoms with Crippen molar-refractivity contribution in [3.05, 3.63) is 40.7 Å². The number of rotatable bonds is 7. The summed E-state index contributed by atoms with van der Waals surface area (Å²) in [4.78, 5) is 12.3. The van der Waals surface area contributed by atoms with Gasteiger partial charge in [0.15, 0.2) is 5.16 Å². The van der Waals surface area contributed by atoms with Gasteiger partial charge < -0.3 is 9.88 Å². The van der Waals surface area contributed by atoms with Gasteiger partial charge in [0.2, 0.25) is 5.91 Å². The monoisotopic (exact) mass is 444 g/mol. The lowest BCUT2D eigenvalue weighted by Gasteiger charge is -2.56. The number of halogens is 1. The Bertz CT molecular complexity index is 891. The zero-order valence-corrected chi connectivity index (χ0v) is 19.0. The second-order valence-corrected chi connectivity index (χ2v) is 11.1. The molecule has 4 saturated carbocycles. The minimum atomic E-state index is 0.000541. The van der Waals surface area contributed by atoms with Crippen molar-refractivity contribution in [2.24, 2.45) is 30.2 Å². The largest absolute Gasteiger partial charge is 0.351 e. The molecule has 1 heterocycles. The molecule has 1 aromatic heterocycles. The zero-order valence-electron chi connectivity index (χ0n) is 17.4. The molecule has 0 aliphatic heterocycles. The lowest BCUT2D eigenvalue weighted by molar-refractivity contribution is -0.118. The van der Waals surface area contributed by atoms with Crippen LogP contribution in [-0.2, 0) is 24.8 Å². The van der Waals surface area contributed by atoms with Gasteiger partial charge in [-0.2, -0.15) is 0 Å². The predicted molar refractivity (Wildman–Crippen MR) is 119 cm³/mol. The van der Waals surface area contributed by atoms with Gasteiger partial charge in [0.05, 0.1) is 5.75 Å². The molecule has 1 aromatic carbocycles. The Morgan fingerprint density at radius 3 is 2.40 bits per heavy atom. The van der Waals surface area contributed by atoms with Crippen LogP contribution in [0, 0.1) is 23.2 Å². The van der Waals surface area contributed by atoms with E-state index in [4.69, 9.17) is 11.6 Å². The maximum atomic E-state index is 12.3. The highest BCUT2D eigenvalue weighted by Crippen LogP contribution is 2.60. The average Bonchev–Trinajstić information content (AvgIpc) is 3.04. The first kappa shape index (κ1) is 20.4. The molecule has 4 bridgehead atoms. The van der Waals surface area contributed by atoms with Crippen LogP contribution in [0.2, 0.25) is 5.02 Å². The third-order valence-corrected chi connectivity index (χ3v) is 8.63. The van der Waals surface area contributed by atoms with E-state index in [2.05, 4.69) is 20.1 Å². The van der Waals surface area contributed by atoms with Crippen LogP contribution in [0.4, 0.5) is 0 Å². The molecule has 0 unspecified atom stereocenters. The predicted octanol–water partition coefficient (Wildman–Crippen LogP) is 4.64. The molecule has 0 spiro atoms. The first-order valence-corrected chi connectivity index (χ1v) is 12.4. The molecule has 4 fully saturated rings. The van der Waals surface area contributed by atoms with Crippen molar-refractivity contribution in [3.8, 4) is 0 Å². The molecule has 2 aromatic rings. The first-order chi connectivity index (χ1) is 14.5. The van der Waals surface area contributed by atoms with E-state index in [1.807, 2.05) is 31.3 Å². The summed E-state index contributed by atoms with van der Waals surface area (Å²) >= 11 is 7.36. The number of thioether (sulfide) groups is 1. The SMILES string of the molecule is Cn1c(CC23CC4CC(CC(C4)C2)C3)nnc1SCC(=O)NCc1ccc(Cl)cc1. The molecule has 4 aliphatic rings. The van der Waals surface area contributed by atoms with Crippen LogP contribution in [0.3, 0.4) is 0 Å². The highest BCUT2D eigenvalue weighted by Gasteiger charge is 2.51. The van der Waals surface area contributed by atoms with E-state index in [1.165, 1.54) is 50.3 Å². The quantitative estimate of drug-likeness (QED) is 0.632. The Morgan fingerprint density at radius 1 is 1.13 bits per heavy atom. The second-order valence-electron chi connectivity index (χ2n) is 9.74. The standard InChI is InChI=1S/C23H29ClN4OS/c1-28-20(12-23-9-16-6-17(10-23)8-18(7-16)11-23)26-27-22(28)30-14-21(29)25-13-15-2-4-19(24)5-3-15/h2-5,16-18H,6-14H2,1H3,(H,25,29). The van der Waals surface area contributed by atoms with Crippen LogP contribution >= 0.6 is 23.4 Å². The summed E-state index contributed by atoms with van der Waals surface area (Å²) < 4.78 is 2.11. The minimum absolute atomic E-state index is 0.000541. The molecule has 7 heteroatoms. The van der Waals surface area contributed by atoms with Gasteiger partial charge in [0, 0.05) is 25.0 Å². The normalized spacial score (nSPS) is 29.3. The smallest absolute Gasteiger partial charge is 0.230 e. The molecule has 0 saturated heterocycles. The summed E-state index contributed by atoms with van der Waals surface area (Å²) in [7, 11) is 2.05. The van der Waals surface area contributed by atoms with Crippen LogP contribution in [0.1, 0.15) is 49.9 Å². The molecular weight excluding hydrogens is 416 g/mol. The average molecular weight is 445 g/mol. The molecular formula is C23H29ClN4OS. The van der Waals surface area contributed by atoms with E-state index in [-0.39, 0.29) is 5.91 Å². The topological polar surface area (TPSA) is 59.8 Å². The van der Waals surface area contributed by atoms with Crippen LogP contribution in [0.25, 0.3) is 0 Å². The van der Waals surface area contributed by atoms with Gasteiger partial charge in [0.25, 0.3) is 0 Å². The number of carbonyl (C=O) groups excluding carboxylic acids is 1. The molecule has 4 aliphatic carbocycles. The van der Waals surface area contributed by atoms with E-state index in [9.17, 15) is 4.79 Å². The van der Waals surface area contributed by atoms with Crippen LogP contribution in [0.15, 0.2) is 29.4 Å². The molecule has 0 radical (unpaired) electrons. The third kappa shape index (κ3) is 4.26. The molecule has 5 nitrogen and oxygen atoms in total. The Hall–Kier alpha value is -1.53. The van der Waals surface area contributed by atoms with Crippen molar-refractivity contribution in [3.63, 3.8) is 0 Å². The fraction of sp³-hybridized carbons (Fsp3) is 0.609. The van der Waals surface area contributed by atoms with Gasteiger partial charge in [0.1, 0.15) is 5.82 Å². The number of amides is 1. The maximum Gasteiger partial charge on any atom is 0.230 e. The number of benzene rings is 1. The zero-order chi connectivity index (χ0) is 20.7. The fourth-order valence-electron chi connectivity index (χ4n) is 6.45. The van der Waals surface area contributed by atoms with Gasteiger partial charge in [-0.1, -0.05) is 35.5 Å². The van der Waals surface area contributed by atoms with Gasteiger partial charge >= 0.3 is 0 Å². The molecule has 30 heavy (non-hydrogen) atoms. The van der Waals surface area contributed by atoms with Crippen LogP contribution in [-0.4, -0.2) is 26.4 Å². The lowest BCUT2D eigenvalue weighted by Crippen LogP contribution is -2.47. The molecule has 6 rings (SSSR count). The number of carbonyl (C=O) groups is 1. The summed E-state index contributed by atoms with van der Waals surface area (Å²) in [5.74, 6) is 4.27. The van der Waals surface area contributed by atoms with Crippen molar-refractivity contribution >= 4 is 29.3 Å². The summed E-state index contributed by atoms with van der Waals surface area (Å²) in [6.45, 7) is 0.507. The van der Waals surface area contributed by atoms with Crippen molar-refractivity contribution in [1.82, 2.24) is 20.1 Å². The highest BCUT2D eigenvalue weighted by molar-refractivity contribution is 7.99. The Morgan fingerprint density at radius 2 is 1.77 bits per heavy atom. The molecule has 0 atom stereocenters. The minimum Gasteiger partial charge on any atom is -0.351 e. The van der Waals surface area contributed by atoms with Crippen molar-refractivity contribution in [2.45, 2.75) is 56.6 Å². The van der Waals surface area contributed by atoms with Crippen LogP contribution in [0.5, 0.6) is 0 Å². The van der Waals surface area contributed by atoms with E-state index >= 15 is 0 Å². The number of nitrogens with zero attached hydrogens (tertiary/aromatic N) is 3. The van der Waals surface area contributed by atoms with E-state index in [1.54, 1.807) is 0 Å².